The first-order valence-corrected chi connectivity index (χ1v) is 11.6. The van der Waals surface area contributed by atoms with Crippen molar-refractivity contribution >= 4 is 91.5 Å². The number of aliphatic carboxylic acids is 1. The van der Waals surface area contributed by atoms with Gasteiger partial charge in [-0.25, -0.2) is 14.6 Å². The van der Waals surface area contributed by atoms with Crippen LogP contribution in [0.25, 0.3) is 5.57 Å². The van der Waals surface area contributed by atoms with Crippen LogP contribution < -0.4 is 10.6 Å². The molecule has 0 radical (unpaired) electrons. The molecule has 180 valence electrons. The van der Waals surface area contributed by atoms with Crippen molar-refractivity contribution in [1.29, 1.82) is 0 Å². The van der Waals surface area contributed by atoms with E-state index in [1.807, 2.05) is 0 Å². The number of carbonyl (C=O) groups is 4. The van der Waals surface area contributed by atoms with E-state index in [1.54, 1.807) is 31.2 Å². The van der Waals surface area contributed by atoms with E-state index in [4.69, 9.17) is 33.7 Å². The van der Waals surface area contributed by atoms with Crippen LogP contribution in [0.5, 0.6) is 0 Å². The monoisotopic (exact) mass is 544 g/mol. The molecular weight excluding hydrogens is 528 g/mol. The number of thiocarbonyl (C=S) groups is 1. The summed E-state index contributed by atoms with van der Waals surface area (Å²) in [4.78, 5) is 53.8. The number of nitrogens with zero attached hydrogens (tertiary/aromatic N) is 2. The Hall–Kier alpha value is -3.04. The van der Waals surface area contributed by atoms with Gasteiger partial charge < -0.3 is 20.6 Å². The second-order valence-corrected chi connectivity index (χ2v) is 9.08. The minimum atomic E-state index is -1.25. The first-order chi connectivity index (χ1) is 15.7. The number of para-hydroxylation sites is 1. The van der Waals surface area contributed by atoms with Gasteiger partial charge in [0.05, 0.1) is 27.9 Å². The van der Waals surface area contributed by atoms with E-state index in [0.717, 1.165) is 28.0 Å². The second kappa shape index (κ2) is 11.9. The highest BCUT2D eigenvalue weighted by Crippen LogP contribution is 2.38. The lowest BCUT2D eigenvalue weighted by Crippen LogP contribution is -2.33. The SMILES string of the molecule is CCOC(=O)C(=C1SC(=S)N(CC(=O)O)C1=O)c1csc(NC(=O)Nc2ccccc2Cl)n1.O. The number of halogens is 1. The summed E-state index contributed by atoms with van der Waals surface area (Å²) in [7, 11) is 0. The summed E-state index contributed by atoms with van der Waals surface area (Å²) in [5.41, 5.74) is 0.294. The van der Waals surface area contributed by atoms with E-state index in [2.05, 4.69) is 15.6 Å². The minimum absolute atomic E-state index is 0. The van der Waals surface area contributed by atoms with Gasteiger partial charge in [0.2, 0.25) is 0 Å². The molecule has 5 N–H and O–H groups in total. The number of carboxylic acid groups (broad SMARTS) is 1. The summed E-state index contributed by atoms with van der Waals surface area (Å²) in [6.07, 6.45) is 0. The Morgan fingerprint density at radius 1 is 1.26 bits per heavy atom. The number of carboxylic acids is 1. The summed E-state index contributed by atoms with van der Waals surface area (Å²) in [6.45, 7) is 0.988. The van der Waals surface area contributed by atoms with Crippen LogP contribution in [0.4, 0.5) is 15.6 Å². The first-order valence-electron chi connectivity index (χ1n) is 9.16. The molecule has 2 heterocycles. The molecule has 34 heavy (non-hydrogen) atoms. The molecule has 0 unspecified atom stereocenters. The number of amides is 3. The van der Waals surface area contributed by atoms with Gasteiger partial charge in [0.1, 0.15) is 16.4 Å². The third-order valence-corrected chi connectivity index (χ3v) is 6.49. The average Bonchev–Trinajstić information content (AvgIpc) is 3.30. The van der Waals surface area contributed by atoms with Gasteiger partial charge in [-0.05, 0) is 19.1 Å². The molecule has 0 aliphatic carbocycles. The van der Waals surface area contributed by atoms with Crippen molar-refractivity contribution in [1.82, 2.24) is 9.88 Å². The first kappa shape index (κ1) is 27.2. The lowest BCUT2D eigenvalue weighted by molar-refractivity contribution is -0.140. The van der Waals surface area contributed by atoms with E-state index in [0.29, 0.717) is 10.7 Å². The van der Waals surface area contributed by atoms with Crippen LogP contribution in [-0.4, -0.2) is 61.8 Å². The highest BCUT2D eigenvalue weighted by Gasteiger charge is 2.38. The Bertz CT molecular complexity index is 1180. The van der Waals surface area contributed by atoms with Gasteiger partial charge >= 0.3 is 18.0 Å². The number of thioether (sulfide) groups is 1. The summed E-state index contributed by atoms with van der Waals surface area (Å²) in [5, 5.41) is 16.1. The third-order valence-electron chi connectivity index (χ3n) is 3.95. The van der Waals surface area contributed by atoms with E-state index >= 15 is 0 Å². The van der Waals surface area contributed by atoms with Crippen LogP contribution in [0.15, 0.2) is 34.6 Å². The maximum atomic E-state index is 12.8. The molecule has 1 aliphatic heterocycles. The van der Waals surface area contributed by atoms with Crippen LogP contribution in [0.3, 0.4) is 0 Å². The molecule has 0 saturated carbocycles. The Morgan fingerprint density at radius 3 is 2.62 bits per heavy atom. The van der Waals surface area contributed by atoms with E-state index in [9.17, 15) is 19.2 Å². The quantitative estimate of drug-likeness (QED) is 0.269. The number of rotatable bonds is 7. The molecule has 1 aliphatic rings. The fourth-order valence-corrected chi connectivity index (χ4v) is 4.79. The fourth-order valence-electron chi connectivity index (χ4n) is 2.60. The van der Waals surface area contributed by atoms with Crippen LogP contribution in [-0.2, 0) is 19.1 Å². The largest absolute Gasteiger partial charge is 0.480 e. The molecule has 3 rings (SSSR count). The number of urea groups is 1. The van der Waals surface area contributed by atoms with E-state index < -0.39 is 30.4 Å². The van der Waals surface area contributed by atoms with Gasteiger partial charge in [-0.1, -0.05) is 47.7 Å². The van der Waals surface area contributed by atoms with Crippen molar-refractivity contribution < 1.29 is 34.5 Å². The number of hydrogen-bond donors (Lipinski definition) is 3. The Labute approximate surface area is 211 Å². The maximum Gasteiger partial charge on any atom is 0.341 e. The van der Waals surface area contributed by atoms with Crippen molar-refractivity contribution in [2.75, 3.05) is 23.8 Å². The number of ether oxygens (including phenoxy) is 1. The number of nitrogens with one attached hydrogen (secondary N) is 2. The summed E-state index contributed by atoms with van der Waals surface area (Å²) < 4.78 is 5.06. The fraction of sp³-hybridized carbons (Fsp3) is 0.158. The molecule has 1 aromatic carbocycles. The average molecular weight is 545 g/mol. The molecule has 15 heteroatoms. The second-order valence-electron chi connectivity index (χ2n) is 6.17. The van der Waals surface area contributed by atoms with Gasteiger partial charge in [-0.3, -0.25) is 19.8 Å². The Kier molecular flexibility index (Phi) is 9.52. The lowest BCUT2D eigenvalue weighted by Gasteiger charge is -2.11. The predicted molar refractivity (Wildman–Crippen MR) is 133 cm³/mol. The molecule has 0 bridgehead atoms. The smallest absolute Gasteiger partial charge is 0.341 e. The maximum absolute atomic E-state index is 12.8. The molecule has 11 nitrogen and oxygen atoms in total. The minimum Gasteiger partial charge on any atom is -0.480 e. The zero-order valence-electron chi connectivity index (χ0n) is 17.3. The molecule has 1 saturated heterocycles. The number of esters is 1. The number of benzene rings is 1. The van der Waals surface area contributed by atoms with Crippen LogP contribution in [0, 0.1) is 0 Å². The number of carbonyl (C=O) groups excluding carboxylic acids is 3. The van der Waals surface area contributed by atoms with E-state index in [-0.39, 0.29) is 37.7 Å². The molecule has 0 spiro atoms. The number of hydrogen-bond acceptors (Lipinski definition) is 9. The van der Waals surface area contributed by atoms with Crippen LogP contribution in [0.1, 0.15) is 12.6 Å². The normalized spacial score (nSPS) is 14.4. The zero-order valence-corrected chi connectivity index (χ0v) is 20.5. The number of thiazole rings is 1. The van der Waals surface area contributed by atoms with Crippen molar-refractivity contribution in [3.63, 3.8) is 0 Å². The Morgan fingerprint density at radius 2 is 1.97 bits per heavy atom. The van der Waals surface area contributed by atoms with Crippen LogP contribution in [0.2, 0.25) is 5.02 Å². The van der Waals surface area contributed by atoms with E-state index in [1.165, 1.54) is 5.38 Å². The van der Waals surface area contributed by atoms with Crippen molar-refractivity contribution in [2.45, 2.75) is 6.92 Å². The third kappa shape index (κ3) is 6.30. The zero-order chi connectivity index (χ0) is 24.1. The van der Waals surface area contributed by atoms with Gasteiger partial charge in [0.15, 0.2) is 5.13 Å². The lowest BCUT2D eigenvalue weighted by atomic mass is 10.2. The molecule has 1 fully saturated rings. The molecular formula is C19H17ClN4O7S3. The van der Waals surface area contributed by atoms with Crippen molar-refractivity contribution in [3.8, 4) is 0 Å². The number of aromatic nitrogens is 1. The Balaban J connectivity index is 0.00000408. The molecule has 0 atom stereocenters. The summed E-state index contributed by atoms with van der Waals surface area (Å²) in [5.74, 6) is -2.82. The summed E-state index contributed by atoms with van der Waals surface area (Å²) in [6, 6.07) is 6.04. The molecule has 2 aromatic rings. The van der Waals surface area contributed by atoms with Gasteiger partial charge in [0, 0.05) is 5.38 Å². The molecule has 1 aromatic heterocycles. The van der Waals surface area contributed by atoms with Crippen molar-refractivity contribution in [2.24, 2.45) is 0 Å². The summed E-state index contributed by atoms with van der Waals surface area (Å²) >= 11 is 12.9. The van der Waals surface area contributed by atoms with Crippen molar-refractivity contribution in [3.05, 3.63) is 45.3 Å². The van der Waals surface area contributed by atoms with Gasteiger partial charge in [-0.2, -0.15) is 0 Å². The predicted octanol–water partition coefficient (Wildman–Crippen LogP) is 2.83. The highest BCUT2D eigenvalue weighted by atomic mass is 35.5. The highest BCUT2D eigenvalue weighted by molar-refractivity contribution is 8.26. The standard InChI is InChI=1S/C19H15ClN4O6S3.H2O/c1-2-30-16(28)13(14-15(27)24(7-12(25)26)19(31)33-14)11-8-32-18(22-11)23-17(29)21-10-6-4-3-5-9(10)20;/h3-6,8H,2,7H2,1H3,(H,25,26)(H2,21,22,23,29);1H2. The molecule has 3 amide bonds. The van der Waals surface area contributed by atoms with Crippen LogP contribution >= 0.6 is 46.9 Å². The van der Waals surface area contributed by atoms with Gasteiger partial charge in [0.25, 0.3) is 5.91 Å². The topological polar surface area (TPSA) is 169 Å². The number of anilines is 2. The van der Waals surface area contributed by atoms with Gasteiger partial charge in [-0.15, -0.1) is 11.3 Å².